The van der Waals surface area contributed by atoms with Crippen LogP contribution in [0.3, 0.4) is 0 Å². The molecule has 6 heteroatoms. The van der Waals surface area contributed by atoms with Crippen LogP contribution in [-0.4, -0.2) is 25.5 Å². The molecule has 1 fully saturated rings. The molecule has 1 aromatic carbocycles. The summed E-state index contributed by atoms with van der Waals surface area (Å²) in [4.78, 5) is 23.2. The van der Waals surface area contributed by atoms with E-state index in [-0.39, 0.29) is 30.2 Å². The largest absolute Gasteiger partial charge is 0.496 e. The molecule has 5 nitrogen and oxygen atoms in total. The lowest BCUT2D eigenvalue weighted by Crippen LogP contribution is -2.33. The van der Waals surface area contributed by atoms with E-state index in [4.69, 9.17) is 4.74 Å². The molecule has 108 valence electrons. The highest BCUT2D eigenvalue weighted by molar-refractivity contribution is 9.10. The Kier molecular flexibility index (Phi) is 4.65. The normalized spacial score (nSPS) is 19.4. The summed E-state index contributed by atoms with van der Waals surface area (Å²) in [5.41, 5.74) is 0.904. The van der Waals surface area contributed by atoms with E-state index in [1.165, 1.54) is 0 Å². The van der Waals surface area contributed by atoms with Gasteiger partial charge in [0.15, 0.2) is 0 Å². The summed E-state index contributed by atoms with van der Waals surface area (Å²) >= 11 is 3.38. The van der Waals surface area contributed by atoms with Crippen LogP contribution in [-0.2, 0) is 9.59 Å². The Bertz CT molecular complexity index is 533. The molecule has 2 amide bonds. The van der Waals surface area contributed by atoms with Gasteiger partial charge in [-0.15, -0.1) is 0 Å². The Morgan fingerprint density at radius 1 is 1.55 bits per heavy atom. The zero-order chi connectivity index (χ0) is 14.7. The Morgan fingerprint density at radius 3 is 2.90 bits per heavy atom. The Balaban J connectivity index is 2.06. The molecule has 0 saturated carbocycles. The third-order valence-corrected chi connectivity index (χ3v) is 3.86. The van der Waals surface area contributed by atoms with E-state index >= 15 is 0 Å². The van der Waals surface area contributed by atoms with Crippen LogP contribution in [0, 0.1) is 5.92 Å². The second kappa shape index (κ2) is 6.26. The zero-order valence-corrected chi connectivity index (χ0v) is 13.0. The minimum atomic E-state index is -0.286. The number of nitrogens with one attached hydrogen (secondary N) is 2. The fourth-order valence-electron chi connectivity index (χ4n) is 2.24. The first-order valence-electron chi connectivity index (χ1n) is 6.41. The molecule has 2 N–H and O–H groups in total. The summed E-state index contributed by atoms with van der Waals surface area (Å²) in [6, 6.07) is 5.49. The van der Waals surface area contributed by atoms with E-state index < -0.39 is 0 Å². The van der Waals surface area contributed by atoms with E-state index in [0.717, 1.165) is 10.0 Å². The van der Waals surface area contributed by atoms with E-state index in [2.05, 4.69) is 26.6 Å². The van der Waals surface area contributed by atoms with Gasteiger partial charge in [0.1, 0.15) is 5.75 Å². The molecular weight excluding hydrogens is 324 g/mol. The van der Waals surface area contributed by atoms with Crippen molar-refractivity contribution in [3.63, 3.8) is 0 Å². The molecule has 2 rings (SSSR count). The molecule has 0 bridgehead atoms. The quantitative estimate of drug-likeness (QED) is 0.877. The topological polar surface area (TPSA) is 67.4 Å². The fourth-order valence-corrected chi connectivity index (χ4v) is 2.58. The summed E-state index contributed by atoms with van der Waals surface area (Å²) in [5.74, 6) is 0.249. The van der Waals surface area contributed by atoms with Gasteiger partial charge in [-0.2, -0.15) is 0 Å². The lowest BCUT2D eigenvalue weighted by Gasteiger charge is -2.19. The van der Waals surface area contributed by atoms with Crippen LogP contribution in [0.15, 0.2) is 22.7 Å². The lowest BCUT2D eigenvalue weighted by atomic mass is 10.0. The van der Waals surface area contributed by atoms with Crippen molar-refractivity contribution >= 4 is 27.7 Å². The molecule has 1 aliphatic rings. The third-order valence-electron chi connectivity index (χ3n) is 3.37. The maximum atomic E-state index is 12.1. The van der Waals surface area contributed by atoms with E-state index in [0.29, 0.717) is 12.3 Å². The minimum Gasteiger partial charge on any atom is -0.496 e. The Hall–Kier alpha value is -1.56. The number of ether oxygens (including phenoxy) is 1. The highest BCUT2D eigenvalue weighted by Crippen LogP contribution is 2.28. The van der Waals surface area contributed by atoms with Crippen LogP contribution >= 0.6 is 15.9 Å². The molecule has 20 heavy (non-hydrogen) atoms. The lowest BCUT2D eigenvalue weighted by molar-refractivity contribution is -0.127. The van der Waals surface area contributed by atoms with Crippen LogP contribution < -0.4 is 15.4 Å². The average molecular weight is 341 g/mol. The molecule has 1 saturated heterocycles. The summed E-state index contributed by atoms with van der Waals surface area (Å²) in [7, 11) is 1.60. The van der Waals surface area contributed by atoms with Crippen molar-refractivity contribution in [2.45, 2.75) is 19.4 Å². The van der Waals surface area contributed by atoms with Gasteiger partial charge in [-0.1, -0.05) is 22.0 Å². The number of halogens is 1. The van der Waals surface area contributed by atoms with Gasteiger partial charge in [0.05, 0.1) is 19.1 Å². The molecule has 0 spiro atoms. The Labute approximate surface area is 126 Å². The third kappa shape index (κ3) is 3.30. The van der Waals surface area contributed by atoms with Gasteiger partial charge in [0.2, 0.25) is 11.8 Å². The molecular formula is C14H17BrN2O3. The van der Waals surface area contributed by atoms with Gasteiger partial charge in [-0.05, 0) is 19.1 Å². The maximum Gasteiger partial charge on any atom is 0.225 e. The van der Waals surface area contributed by atoms with E-state index in [1.807, 2.05) is 25.1 Å². The van der Waals surface area contributed by atoms with Crippen LogP contribution in [0.5, 0.6) is 5.75 Å². The van der Waals surface area contributed by atoms with Crippen LogP contribution in [0.4, 0.5) is 0 Å². The number of rotatable bonds is 4. The second-order valence-corrected chi connectivity index (χ2v) is 5.74. The van der Waals surface area contributed by atoms with Crippen molar-refractivity contribution in [3.8, 4) is 5.75 Å². The smallest absolute Gasteiger partial charge is 0.225 e. The van der Waals surface area contributed by atoms with E-state index in [9.17, 15) is 9.59 Å². The summed E-state index contributed by atoms with van der Waals surface area (Å²) in [5, 5.41) is 5.59. The standard InChI is InChI=1S/C14H17BrN2O3/c1-8(11-4-3-10(15)6-12(11)20-2)17-14(19)9-5-13(18)16-7-9/h3-4,6,8-9H,5,7H2,1-2H3,(H,16,18)(H,17,19). The predicted molar refractivity (Wildman–Crippen MR) is 78.4 cm³/mol. The van der Waals surface area contributed by atoms with Gasteiger partial charge in [-0.3, -0.25) is 9.59 Å². The van der Waals surface area contributed by atoms with Gasteiger partial charge in [-0.25, -0.2) is 0 Å². The van der Waals surface area contributed by atoms with E-state index in [1.54, 1.807) is 7.11 Å². The van der Waals surface area contributed by atoms with Gasteiger partial charge < -0.3 is 15.4 Å². The molecule has 0 aromatic heterocycles. The van der Waals surface area contributed by atoms with Crippen molar-refractivity contribution < 1.29 is 14.3 Å². The number of amides is 2. The van der Waals surface area contributed by atoms with Crippen molar-refractivity contribution in [1.29, 1.82) is 0 Å². The first kappa shape index (κ1) is 14.8. The summed E-state index contributed by atoms with van der Waals surface area (Å²) in [6.45, 7) is 2.31. The first-order chi connectivity index (χ1) is 9.51. The van der Waals surface area contributed by atoms with Crippen molar-refractivity contribution in [1.82, 2.24) is 10.6 Å². The average Bonchev–Trinajstić information content (AvgIpc) is 2.85. The predicted octanol–water partition coefficient (Wildman–Crippen LogP) is 1.77. The highest BCUT2D eigenvalue weighted by atomic mass is 79.9. The SMILES string of the molecule is COc1cc(Br)ccc1C(C)NC(=O)C1CNC(=O)C1. The zero-order valence-electron chi connectivity index (χ0n) is 11.4. The van der Waals surface area contributed by atoms with Crippen LogP contribution in [0.25, 0.3) is 0 Å². The molecule has 2 unspecified atom stereocenters. The Morgan fingerprint density at radius 2 is 2.30 bits per heavy atom. The van der Waals surface area contributed by atoms with Crippen LogP contribution in [0.1, 0.15) is 24.9 Å². The molecule has 1 aromatic rings. The molecule has 1 aliphatic heterocycles. The number of methoxy groups -OCH3 is 1. The van der Waals surface area contributed by atoms with Gasteiger partial charge in [0, 0.05) is 23.0 Å². The van der Waals surface area contributed by atoms with Crippen molar-refractivity contribution in [2.24, 2.45) is 5.92 Å². The first-order valence-corrected chi connectivity index (χ1v) is 7.21. The minimum absolute atomic E-state index is 0.0703. The fraction of sp³-hybridized carbons (Fsp3) is 0.429. The number of carbonyl (C=O) groups excluding carboxylic acids is 2. The molecule has 1 heterocycles. The molecule has 0 aliphatic carbocycles. The molecule has 0 radical (unpaired) electrons. The maximum absolute atomic E-state index is 12.1. The molecule has 2 atom stereocenters. The second-order valence-electron chi connectivity index (χ2n) is 4.82. The number of hydrogen-bond donors (Lipinski definition) is 2. The number of carbonyl (C=O) groups is 2. The highest BCUT2D eigenvalue weighted by Gasteiger charge is 2.29. The van der Waals surface area contributed by atoms with Crippen LogP contribution in [0.2, 0.25) is 0 Å². The van der Waals surface area contributed by atoms with Crippen molar-refractivity contribution in [2.75, 3.05) is 13.7 Å². The van der Waals surface area contributed by atoms with Crippen molar-refractivity contribution in [3.05, 3.63) is 28.2 Å². The van der Waals surface area contributed by atoms with Gasteiger partial charge in [0.25, 0.3) is 0 Å². The number of hydrogen-bond acceptors (Lipinski definition) is 3. The monoisotopic (exact) mass is 340 g/mol. The summed E-state index contributed by atoms with van der Waals surface area (Å²) < 4.78 is 6.24. The van der Waals surface area contributed by atoms with Gasteiger partial charge >= 0.3 is 0 Å². The summed E-state index contributed by atoms with van der Waals surface area (Å²) in [6.07, 6.45) is 0.260. The number of benzene rings is 1.